The predicted molar refractivity (Wildman–Crippen MR) is 63.3 cm³/mol. The Balaban J connectivity index is 2.43. The van der Waals surface area contributed by atoms with Gasteiger partial charge in [-0.25, -0.2) is 5.43 Å². The summed E-state index contributed by atoms with van der Waals surface area (Å²) in [6.07, 6.45) is 1.89. The Labute approximate surface area is 94.2 Å². The molecule has 2 heterocycles. The summed E-state index contributed by atoms with van der Waals surface area (Å²) in [6, 6.07) is 7.86. The highest BCUT2D eigenvalue weighted by Gasteiger charge is 2.13. The third kappa shape index (κ3) is 1.79. The van der Waals surface area contributed by atoms with Gasteiger partial charge in [-0.15, -0.1) is 0 Å². The molecule has 2 aromatic rings. The fourth-order valence-electron chi connectivity index (χ4n) is 1.77. The first-order chi connectivity index (χ1) is 7.74. The molecule has 0 aliphatic rings. The summed E-state index contributed by atoms with van der Waals surface area (Å²) in [7, 11) is 0. The molecule has 2 N–H and O–H groups in total. The molecule has 4 heteroatoms. The van der Waals surface area contributed by atoms with Crippen LogP contribution in [0.4, 0.5) is 0 Å². The lowest BCUT2D eigenvalue weighted by molar-refractivity contribution is 0.0928. The van der Waals surface area contributed by atoms with Crippen molar-refractivity contribution in [3.8, 4) is 0 Å². The number of carbonyl (C=O) groups is 1. The minimum Gasteiger partial charge on any atom is -0.312 e. The first kappa shape index (κ1) is 10.7. The van der Waals surface area contributed by atoms with E-state index in [-0.39, 0.29) is 5.91 Å². The van der Waals surface area contributed by atoms with E-state index in [1.807, 2.05) is 48.7 Å². The molecule has 0 aliphatic heterocycles. The van der Waals surface area contributed by atoms with E-state index >= 15 is 0 Å². The number of nitrogens with zero attached hydrogens (tertiary/aromatic N) is 1. The maximum absolute atomic E-state index is 11.9. The van der Waals surface area contributed by atoms with Crippen LogP contribution in [0.5, 0.6) is 0 Å². The number of aromatic nitrogens is 1. The topological polar surface area (TPSA) is 45.5 Å². The van der Waals surface area contributed by atoms with Gasteiger partial charge >= 0.3 is 0 Å². The summed E-state index contributed by atoms with van der Waals surface area (Å²) in [5, 5.41) is 0. The van der Waals surface area contributed by atoms with Crippen LogP contribution in [-0.2, 0) is 0 Å². The van der Waals surface area contributed by atoms with Crippen molar-refractivity contribution >= 4 is 11.4 Å². The minimum absolute atomic E-state index is 0.106. The second-order valence-electron chi connectivity index (χ2n) is 3.66. The van der Waals surface area contributed by atoms with Gasteiger partial charge in [0, 0.05) is 18.3 Å². The number of amides is 1. The van der Waals surface area contributed by atoms with Crippen molar-refractivity contribution in [3.63, 3.8) is 0 Å². The van der Waals surface area contributed by atoms with Crippen molar-refractivity contribution < 1.29 is 4.79 Å². The molecule has 84 valence electrons. The van der Waals surface area contributed by atoms with Crippen LogP contribution in [0.25, 0.3) is 5.52 Å². The van der Waals surface area contributed by atoms with Gasteiger partial charge in [0.15, 0.2) is 0 Å². The van der Waals surface area contributed by atoms with Crippen molar-refractivity contribution in [3.05, 3.63) is 41.7 Å². The lowest BCUT2D eigenvalue weighted by Crippen LogP contribution is -2.37. The van der Waals surface area contributed by atoms with Crippen LogP contribution in [0.1, 0.15) is 23.0 Å². The lowest BCUT2D eigenvalue weighted by atomic mass is 10.2. The highest BCUT2D eigenvalue weighted by Crippen LogP contribution is 2.15. The average Bonchev–Trinajstić information content (AvgIpc) is 2.62. The predicted octanol–water partition coefficient (Wildman–Crippen LogP) is 1.50. The Morgan fingerprint density at radius 3 is 3.00 bits per heavy atom. The summed E-state index contributed by atoms with van der Waals surface area (Å²) < 4.78 is 1.89. The SMILES string of the molecule is CCNNC(=O)c1c(C)cc2ccccn12. The molecule has 0 saturated heterocycles. The van der Waals surface area contributed by atoms with Gasteiger partial charge in [0.05, 0.1) is 0 Å². The molecule has 0 unspecified atom stereocenters. The summed E-state index contributed by atoms with van der Waals surface area (Å²) in [6.45, 7) is 4.57. The molecular formula is C12H15N3O. The zero-order valence-corrected chi connectivity index (χ0v) is 9.45. The molecule has 0 saturated carbocycles. The van der Waals surface area contributed by atoms with E-state index in [0.717, 1.165) is 11.1 Å². The van der Waals surface area contributed by atoms with E-state index in [9.17, 15) is 4.79 Å². The summed E-state index contributed by atoms with van der Waals surface area (Å²) >= 11 is 0. The Kier molecular flexibility index (Phi) is 2.92. The molecule has 4 nitrogen and oxygen atoms in total. The Hall–Kier alpha value is -1.81. The fourth-order valence-corrected chi connectivity index (χ4v) is 1.77. The largest absolute Gasteiger partial charge is 0.312 e. The van der Waals surface area contributed by atoms with Crippen molar-refractivity contribution in [2.75, 3.05) is 6.54 Å². The number of aryl methyl sites for hydroxylation is 1. The standard InChI is InChI=1S/C12H15N3O/c1-3-13-14-12(16)11-9(2)8-10-6-4-5-7-15(10)11/h4-8,13H,3H2,1-2H3,(H,14,16). The number of hydrazine groups is 1. The maximum Gasteiger partial charge on any atom is 0.282 e. The second kappa shape index (κ2) is 4.37. The number of carbonyl (C=O) groups excluding carboxylic acids is 1. The number of hydrogen-bond acceptors (Lipinski definition) is 2. The Morgan fingerprint density at radius 1 is 1.44 bits per heavy atom. The van der Waals surface area contributed by atoms with Gasteiger partial charge in [-0.2, -0.15) is 0 Å². The molecular weight excluding hydrogens is 202 g/mol. The summed E-state index contributed by atoms with van der Waals surface area (Å²) in [5.74, 6) is -0.106. The molecule has 0 bridgehead atoms. The molecule has 0 aliphatic carbocycles. The number of nitrogens with one attached hydrogen (secondary N) is 2. The van der Waals surface area contributed by atoms with Crippen LogP contribution in [0.3, 0.4) is 0 Å². The fraction of sp³-hybridized carbons (Fsp3) is 0.250. The average molecular weight is 217 g/mol. The van der Waals surface area contributed by atoms with Crippen LogP contribution in [0.2, 0.25) is 0 Å². The zero-order valence-electron chi connectivity index (χ0n) is 9.45. The molecule has 0 spiro atoms. The smallest absolute Gasteiger partial charge is 0.282 e. The van der Waals surface area contributed by atoms with Crippen LogP contribution in [0.15, 0.2) is 30.5 Å². The van der Waals surface area contributed by atoms with E-state index in [2.05, 4.69) is 10.9 Å². The molecule has 0 fully saturated rings. The quantitative estimate of drug-likeness (QED) is 0.765. The highest BCUT2D eigenvalue weighted by molar-refractivity contribution is 5.95. The van der Waals surface area contributed by atoms with E-state index in [4.69, 9.17) is 0 Å². The summed E-state index contributed by atoms with van der Waals surface area (Å²) in [5.41, 5.74) is 8.15. The van der Waals surface area contributed by atoms with Crippen LogP contribution >= 0.6 is 0 Å². The van der Waals surface area contributed by atoms with Crippen LogP contribution < -0.4 is 10.9 Å². The summed E-state index contributed by atoms with van der Waals surface area (Å²) in [4.78, 5) is 11.9. The van der Waals surface area contributed by atoms with Crippen molar-refractivity contribution in [2.45, 2.75) is 13.8 Å². The normalized spacial score (nSPS) is 10.6. The first-order valence-corrected chi connectivity index (χ1v) is 5.34. The second-order valence-corrected chi connectivity index (χ2v) is 3.66. The van der Waals surface area contributed by atoms with Gasteiger partial charge in [0.1, 0.15) is 5.69 Å². The minimum atomic E-state index is -0.106. The molecule has 0 atom stereocenters. The van der Waals surface area contributed by atoms with Crippen molar-refractivity contribution in [1.29, 1.82) is 0 Å². The number of fused-ring (bicyclic) bond motifs is 1. The monoisotopic (exact) mass is 217 g/mol. The first-order valence-electron chi connectivity index (χ1n) is 5.34. The van der Waals surface area contributed by atoms with Crippen molar-refractivity contribution in [1.82, 2.24) is 15.3 Å². The van der Waals surface area contributed by atoms with Crippen molar-refractivity contribution in [2.24, 2.45) is 0 Å². The molecule has 0 radical (unpaired) electrons. The molecule has 1 amide bonds. The third-order valence-corrected chi connectivity index (χ3v) is 2.46. The van der Waals surface area contributed by atoms with E-state index < -0.39 is 0 Å². The van der Waals surface area contributed by atoms with Crippen LogP contribution in [0, 0.1) is 6.92 Å². The maximum atomic E-state index is 11.9. The zero-order chi connectivity index (χ0) is 11.5. The molecule has 2 rings (SSSR count). The van der Waals surface area contributed by atoms with Gasteiger partial charge in [-0.1, -0.05) is 13.0 Å². The number of pyridine rings is 1. The number of rotatable bonds is 3. The van der Waals surface area contributed by atoms with E-state index in [1.165, 1.54) is 0 Å². The molecule has 0 aromatic carbocycles. The van der Waals surface area contributed by atoms with E-state index in [0.29, 0.717) is 12.2 Å². The molecule has 2 aromatic heterocycles. The van der Waals surface area contributed by atoms with Gasteiger partial charge in [-0.3, -0.25) is 10.2 Å². The van der Waals surface area contributed by atoms with Gasteiger partial charge in [0.2, 0.25) is 0 Å². The number of hydrogen-bond donors (Lipinski definition) is 2. The Bertz CT molecular complexity index is 516. The van der Waals surface area contributed by atoms with Gasteiger partial charge in [0.25, 0.3) is 5.91 Å². The lowest BCUT2D eigenvalue weighted by Gasteiger charge is -2.06. The Morgan fingerprint density at radius 2 is 2.25 bits per heavy atom. The highest BCUT2D eigenvalue weighted by atomic mass is 16.2. The van der Waals surface area contributed by atoms with E-state index in [1.54, 1.807) is 0 Å². The third-order valence-electron chi connectivity index (χ3n) is 2.46. The van der Waals surface area contributed by atoms with Gasteiger partial charge < -0.3 is 4.40 Å². The van der Waals surface area contributed by atoms with Gasteiger partial charge in [-0.05, 0) is 30.7 Å². The van der Waals surface area contributed by atoms with Crippen LogP contribution in [-0.4, -0.2) is 16.9 Å². The molecule has 16 heavy (non-hydrogen) atoms.